The van der Waals surface area contributed by atoms with Crippen molar-refractivity contribution < 1.29 is 9.53 Å². The first-order valence-electron chi connectivity index (χ1n) is 5.77. The maximum Gasteiger partial charge on any atom is 0.251 e. The maximum atomic E-state index is 11.3. The molecule has 102 valence electrons. The van der Waals surface area contributed by atoms with Crippen LogP contribution < -0.4 is 15.8 Å². The Balaban J connectivity index is 1.99. The summed E-state index contributed by atoms with van der Waals surface area (Å²) in [4.78, 5) is 15.8. The van der Waals surface area contributed by atoms with Crippen LogP contribution in [0.15, 0.2) is 29.6 Å². The number of ether oxygens (including phenoxy) is 1. The molecule has 1 aromatic carbocycles. The van der Waals surface area contributed by atoms with Crippen molar-refractivity contribution in [3.63, 3.8) is 0 Å². The minimum absolute atomic E-state index is 0.451. The molecule has 5 nitrogen and oxygen atoms in total. The van der Waals surface area contributed by atoms with Crippen molar-refractivity contribution in [1.82, 2.24) is 4.98 Å². The van der Waals surface area contributed by atoms with Crippen LogP contribution in [0.25, 0.3) is 10.2 Å². The summed E-state index contributed by atoms with van der Waals surface area (Å²) in [5, 5.41) is 6.37. The van der Waals surface area contributed by atoms with Gasteiger partial charge in [0.05, 0.1) is 17.4 Å². The summed E-state index contributed by atoms with van der Waals surface area (Å²) in [6, 6.07) is 7.46. The molecule has 0 aliphatic rings. The summed E-state index contributed by atoms with van der Waals surface area (Å²) in [6.45, 7) is 0. The Morgan fingerprint density at radius 1 is 1.40 bits per heavy atom. The summed E-state index contributed by atoms with van der Waals surface area (Å²) >= 11 is 2.91. The van der Waals surface area contributed by atoms with Gasteiger partial charge in [-0.2, -0.15) is 0 Å². The van der Waals surface area contributed by atoms with Gasteiger partial charge in [0.2, 0.25) is 0 Å². The molecule has 0 bridgehead atoms. The predicted molar refractivity (Wildman–Crippen MR) is 82.3 cm³/mol. The first kappa shape index (κ1) is 12.9. The Labute approximate surface area is 123 Å². The number of carbonyl (C=O) groups is 1. The second kappa shape index (κ2) is 5.10. The van der Waals surface area contributed by atoms with E-state index in [1.165, 1.54) is 22.7 Å². The van der Waals surface area contributed by atoms with E-state index in [2.05, 4.69) is 10.3 Å². The Hall–Kier alpha value is -2.12. The summed E-state index contributed by atoms with van der Waals surface area (Å²) in [5.41, 5.74) is 6.60. The maximum absolute atomic E-state index is 11.3. The number of anilines is 2. The number of thiazole rings is 1. The number of nitrogens with two attached hydrogens (primary N) is 1. The van der Waals surface area contributed by atoms with Crippen LogP contribution in [-0.4, -0.2) is 18.0 Å². The first-order valence-corrected chi connectivity index (χ1v) is 7.46. The van der Waals surface area contributed by atoms with Crippen LogP contribution in [0.1, 0.15) is 10.4 Å². The van der Waals surface area contributed by atoms with Crippen molar-refractivity contribution in [2.24, 2.45) is 5.73 Å². The van der Waals surface area contributed by atoms with Crippen molar-refractivity contribution in [3.05, 3.63) is 35.2 Å². The lowest BCUT2D eigenvalue weighted by Gasteiger charge is -2.00. The zero-order valence-corrected chi connectivity index (χ0v) is 12.2. The molecule has 0 saturated heterocycles. The van der Waals surface area contributed by atoms with Gasteiger partial charge in [0.25, 0.3) is 5.91 Å². The largest absolute Gasteiger partial charge is 0.494 e. The number of rotatable bonds is 4. The van der Waals surface area contributed by atoms with Gasteiger partial charge >= 0.3 is 0 Å². The highest BCUT2D eigenvalue weighted by atomic mass is 32.1. The molecule has 0 atom stereocenters. The van der Waals surface area contributed by atoms with E-state index in [0.717, 1.165) is 16.0 Å². The Bertz CT molecular complexity index is 779. The number of aromatic nitrogens is 1. The van der Waals surface area contributed by atoms with E-state index in [0.29, 0.717) is 15.7 Å². The van der Waals surface area contributed by atoms with Crippen LogP contribution in [0.5, 0.6) is 5.75 Å². The molecular weight excluding hydrogens is 294 g/mol. The van der Waals surface area contributed by atoms with Crippen LogP contribution >= 0.6 is 22.7 Å². The van der Waals surface area contributed by atoms with Gasteiger partial charge in [-0.05, 0) is 23.6 Å². The van der Waals surface area contributed by atoms with Crippen LogP contribution in [0, 0.1) is 0 Å². The van der Waals surface area contributed by atoms with Crippen LogP contribution in [0.4, 0.5) is 10.1 Å². The number of hydrogen-bond acceptors (Lipinski definition) is 6. The standard InChI is InChI=1S/C13H11N3O2S2/c1-18-8-3-2-4-9-10(8)15-13(20-9)16-12-7(11(14)17)5-6-19-12/h2-6H,1H3,(H2,14,17)(H,15,16). The van der Waals surface area contributed by atoms with Gasteiger partial charge in [-0.25, -0.2) is 4.98 Å². The lowest BCUT2D eigenvalue weighted by Crippen LogP contribution is -2.11. The third-order valence-electron chi connectivity index (χ3n) is 2.75. The Morgan fingerprint density at radius 2 is 2.25 bits per heavy atom. The molecular formula is C13H11N3O2S2. The number of hydrogen-bond donors (Lipinski definition) is 2. The van der Waals surface area contributed by atoms with Crippen molar-refractivity contribution in [2.45, 2.75) is 0 Å². The normalized spacial score (nSPS) is 10.7. The van der Waals surface area contributed by atoms with E-state index >= 15 is 0 Å². The van der Waals surface area contributed by atoms with Crippen molar-refractivity contribution >= 4 is 48.9 Å². The van der Waals surface area contributed by atoms with Crippen LogP contribution in [0.3, 0.4) is 0 Å². The number of benzene rings is 1. The smallest absolute Gasteiger partial charge is 0.251 e. The number of nitrogens with zero attached hydrogens (tertiary/aromatic N) is 1. The molecule has 0 aliphatic carbocycles. The summed E-state index contributed by atoms with van der Waals surface area (Å²) in [7, 11) is 1.62. The van der Waals surface area contributed by atoms with Crippen molar-refractivity contribution in [3.8, 4) is 5.75 Å². The van der Waals surface area contributed by atoms with Gasteiger partial charge in [-0.15, -0.1) is 11.3 Å². The number of thiophene rings is 1. The number of primary amides is 1. The molecule has 3 rings (SSSR count). The molecule has 7 heteroatoms. The highest BCUT2D eigenvalue weighted by Gasteiger charge is 2.13. The fraction of sp³-hybridized carbons (Fsp3) is 0.0769. The molecule has 0 spiro atoms. The van der Waals surface area contributed by atoms with E-state index in [9.17, 15) is 4.79 Å². The van der Waals surface area contributed by atoms with E-state index in [1.807, 2.05) is 23.6 Å². The fourth-order valence-corrected chi connectivity index (χ4v) is 3.58. The SMILES string of the molecule is COc1cccc2sc(Nc3sccc3C(N)=O)nc12. The highest BCUT2D eigenvalue weighted by Crippen LogP contribution is 2.35. The third-order valence-corrected chi connectivity index (χ3v) is 4.52. The number of nitrogens with one attached hydrogen (secondary N) is 1. The number of methoxy groups -OCH3 is 1. The van der Waals surface area contributed by atoms with E-state index in [1.54, 1.807) is 13.2 Å². The number of carbonyl (C=O) groups excluding carboxylic acids is 1. The first-order chi connectivity index (χ1) is 9.69. The van der Waals surface area contributed by atoms with Gasteiger partial charge in [0.15, 0.2) is 5.13 Å². The lowest BCUT2D eigenvalue weighted by molar-refractivity contribution is 0.100. The number of para-hydroxylation sites is 1. The monoisotopic (exact) mass is 305 g/mol. The third kappa shape index (κ3) is 2.21. The molecule has 3 N–H and O–H groups in total. The second-order valence-electron chi connectivity index (χ2n) is 3.98. The van der Waals surface area contributed by atoms with E-state index in [4.69, 9.17) is 10.5 Å². The van der Waals surface area contributed by atoms with Gasteiger partial charge in [0, 0.05) is 0 Å². The van der Waals surface area contributed by atoms with Gasteiger partial charge in [-0.1, -0.05) is 17.4 Å². The van der Waals surface area contributed by atoms with Crippen molar-refractivity contribution in [2.75, 3.05) is 12.4 Å². The lowest BCUT2D eigenvalue weighted by atomic mass is 10.3. The minimum atomic E-state index is -0.451. The Kier molecular flexibility index (Phi) is 3.29. The molecule has 20 heavy (non-hydrogen) atoms. The van der Waals surface area contributed by atoms with Gasteiger partial charge < -0.3 is 15.8 Å². The second-order valence-corrected chi connectivity index (χ2v) is 5.93. The Morgan fingerprint density at radius 3 is 3.00 bits per heavy atom. The molecule has 2 aromatic heterocycles. The topological polar surface area (TPSA) is 77.2 Å². The summed E-state index contributed by atoms with van der Waals surface area (Å²) in [6.07, 6.45) is 0. The number of amides is 1. The molecule has 2 heterocycles. The molecule has 0 unspecified atom stereocenters. The van der Waals surface area contributed by atoms with Crippen LogP contribution in [-0.2, 0) is 0 Å². The average Bonchev–Trinajstić information content (AvgIpc) is 3.04. The zero-order valence-electron chi connectivity index (χ0n) is 10.5. The minimum Gasteiger partial charge on any atom is -0.494 e. The van der Waals surface area contributed by atoms with Gasteiger partial charge in [0.1, 0.15) is 16.3 Å². The molecule has 0 fully saturated rings. The van der Waals surface area contributed by atoms with Crippen LogP contribution in [0.2, 0.25) is 0 Å². The molecule has 3 aromatic rings. The van der Waals surface area contributed by atoms with E-state index in [-0.39, 0.29) is 0 Å². The summed E-state index contributed by atoms with van der Waals surface area (Å²) < 4.78 is 6.30. The quantitative estimate of drug-likeness (QED) is 0.776. The number of fused-ring (bicyclic) bond motifs is 1. The van der Waals surface area contributed by atoms with Gasteiger partial charge in [-0.3, -0.25) is 4.79 Å². The molecule has 0 saturated carbocycles. The zero-order chi connectivity index (χ0) is 14.1. The van der Waals surface area contributed by atoms with E-state index < -0.39 is 5.91 Å². The molecule has 0 aliphatic heterocycles. The predicted octanol–water partition coefficient (Wildman–Crippen LogP) is 3.21. The van der Waals surface area contributed by atoms with Crippen molar-refractivity contribution in [1.29, 1.82) is 0 Å². The summed E-state index contributed by atoms with van der Waals surface area (Å²) in [5.74, 6) is 0.278. The molecule has 0 radical (unpaired) electrons. The molecule has 1 amide bonds. The highest BCUT2D eigenvalue weighted by molar-refractivity contribution is 7.22. The fourth-order valence-electron chi connectivity index (χ4n) is 1.84. The average molecular weight is 305 g/mol.